The number of hydrogen-bond donors (Lipinski definition) is 2. The molecule has 66 valence electrons. The maximum Gasteiger partial charge on any atom is 0.0711 e. The standard InChI is InChI=1S/C8H8Cl2O2/c9-7-1-5(3-11)2-8(10)6(7)4-12/h1-2,11-12H,3-4H2. The van der Waals surface area contributed by atoms with Crippen LogP contribution in [0.25, 0.3) is 0 Å². The van der Waals surface area contributed by atoms with Crippen LogP contribution in [-0.2, 0) is 13.2 Å². The Morgan fingerprint density at radius 1 is 1.00 bits per heavy atom. The van der Waals surface area contributed by atoms with Crippen LogP contribution in [0.2, 0.25) is 10.0 Å². The Bertz CT molecular complexity index is 263. The third-order valence-corrected chi connectivity index (χ3v) is 2.22. The van der Waals surface area contributed by atoms with Crippen molar-refractivity contribution in [2.24, 2.45) is 0 Å². The summed E-state index contributed by atoms with van der Waals surface area (Å²) in [5.41, 5.74) is 1.14. The lowest BCUT2D eigenvalue weighted by molar-refractivity contribution is 0.278. The molecule has 0 amide bonds. The third-order valence-electron chi connectivity index (χ3n) is 1.54. The summed E-state index contributed by atoms with van der Waals surface area (Å²) in [6.07, 6.45) is 0. The number of hydrogen-bond acceptors (Lipinski definition) is 2. The quantitative estimate of drug-likeness (QED) is 0.778. The van der Waals surface area contributed by atoms with Crippen molar-refractivity contribution in [3.05, 3.63) is 33.3 Å². The average Bonchev–Trinajstić information content (AvgIpc) is 2.03. The predicted octanol–water partition coefficient (Wildman–Crippen LogP) is 1.98. The van der Waals surface area contributed by atoms with Gasteiger partial charge < -0.3 is 10.2 Å². The topological polar surface area (TPSA) is 40.5 Å². The lowest BCUT2D eigenvalue weighted by atomic mass is 10.1. The first-order valence-corrected chi connectivity index (χ1v) is 4.13. The van der Waals surface area contributed by atoms with Crippen LogP contribution in [0.5, 0.6) is 0 Å². The first-order valence-electron chi connectivity index (χ1n) is 3.37. The first kappa shape index (κ1) is 9.81. The van der Waals surface area contributed by atoms with Crippen LogP contribution in [0.15, 0.2) is 12.1 Å². The highest BCUT2D eigenvalue weighted by Crippen LogP contribution is 2.26. The van der Waals surface area contributed by atoms with Crippen molar-refractivity contribution in [1.82, 2.24) is 0 Å². The average molecular weight is 207 g/mol. The molecular weight excluding hydrogens is 199 g/mol. The van der Waals surface area contributed by atoms with Crippen LogP contribution in [-0.4, -0.2) is 10.2 Å². The lowest BCUT2D eigenvalue weighted by Crippen LogP contribution is -1.90. The van der Waals surface area contributed by atoms with E-state index in [1.54, 1.807) is 12.1 Å². The Kier molecular flexibility index (Phi) is 3.35. The minimum absolute atomic E-state index is 0.106. The summed E-state index contributed by atoms with van der Waals surface area (Å²) >= 11 is 11.5. The van der Waals surface area contributed by atoms with Gasteiger partial charge in [0.05, 0.1) is 13.2 Å². The van der Waals surface area contributed by atoms with Crippen LogP contribution >= 0.6 is 23.2 Å². The van der Waals surface area contributed by atoms with E-state index in [9.17, 15) is 0 Å². The fourth-order valence-corrected chi connectivity index (χ4v) is 1.55. The minimum Gasteiger partial charge on any atom is -0.392 e. The fraction of sp³-hybridized carbons (Fsp3) is 0.250. The third kappa shape index (κ3) is 1.90. The smallest absolute Gasteiger partial charge is 0.0711 e. The van der Waals surface area contributed by atoms with Crippen molar-refractivity contribution in [1.29, 1.82) is 0 Å². The molecule has 2 N–H and O–H groups in total. The second kappa shape index (κ2) is 4.10. The van der Waals surface area contributed by atoms with Crippen LogP contribution in [0, 0.1) is 0 Å². The maximum absolute atomic E-state index is 8.83. The van der Waals surface area contributed by atoms with Gasteiger partial charge in [-0.2, -0.15) is 0 Å². The molecule has 0 atom stereocenters. The summed E-state index contributed by atoms with van der Waals surface area (Å²) in [4.78, 5) is 0. The highest BCUT2D eigenvalue weighted by atomic mass is 35.5. The zero-order valence-electron chi connectivity index (χ0n) is 6.22. The number of benzene rings is 1. The molecule has 0 aliphatic rings. The molecule has 0 heterocycles. The first-order chi connectivity index (χ1) is 5.69. The normalized spacial score (nSPS) is 10.3. The van der Waals surface area contributed by atoms with Gasteiger partial charge in [-0.3, -0.25) is 0 Å². The largest absolute Gasteiger partial charge is 0.392 e. The van der Waals surface area contributed by atoms with Gasteiger partial charge in [0.1, 0.15) is 0 Å². The molecule has 0 aliphatic carbocycles. The number of aliphatic hydroxyl groups is 2. The van der Waals surface area contributed by atoms with Crippen LogP contribution < -0.4 is 0 Å². The molecule has 4 heteroatoms. The molecule has 1 aromatic rings. The van der Waals surface area contributed by atoms with Gasteiger partial charge in [0.15, 0.2) is 0 Å². The Hall–Kier alpha value is -0.280. The summed E-state index contributed by atoms with van der Waals surface area (Å²) < 4.78 is 0. The van der Waals surface area contributed by atoms with E-state index in [0.717, 1.165) is 0 Å². The van der Waals surface area contributed by atoms with Crippen LogP contribution in [0.3, 0.4) is 0 Å². The number of rotatable bonds is 2. The lowest BCUT2D eigenvalue weighted by Gasteiger charge is -2.05. The summed E-state index contributed by atoms with van der Waals surface area (Å²) in [6.45, 7) is -0.297. The van der Waals surface area contributed by atoms with Crippen molar-refractivity contribution in [3.8, 4) is 0 Å². The number of aliphatic hydroxyl groups excluding tert-OH is 2. The molecule has 1 aromatic carbocycles. The highest BCUT2D eigenvalue weighted by molar-refractivity contribution is 6.36. The second-order valence-electron chi connectivity index (χ2n) is 2.35. The molecule has 0 radical (unpaired) electrons. The van der Waals surface area contributed by atoms with Gasteiger partial charge in [0.25, 0.3) is 0 Å². The molecule has 0 fully saturated rings. The molecule has 1 rings (SSSR count). The van der Waals surface area contributed by atoms with E-state index in [1.165, 1.54) is 0 Å². The molecule has 0 spiro atoms. The van der Waals surface area contributed by atoms with Crippen LogP contribution in [0.4, 0.5) is 0 Å². The molecule has 0 saturated carbocycles. The van der Waals surface area contributed by atoms with E-state index >= 15 is 0 Å². The number of halogens is 2. The molecule has 0 unspecified atom stereocenters. The zero-order valence-corrected chi connectivity index (χ0v) is 7.73. The minimum atomic E-state index is -0.191. The Morgan fingerprint density at radius 3 is 1.83 bits per heavy atom. The van der Waals surface area contributed by atoms with Gasteiger partial charge in [-0.15, -0.1) is 0 Å². The Morgan fingerprint density at radius 2 is 1.50 bits per heavy atom. The maximum atomic E-state index is 8.83. The Balaban J connectivity index is 3.18. The van der Waals surface area contributed by atoms with Crippen molar-refractivity contribution in [3.63, 3.8) is 0 Å². The SMILES string of the molecule is OCc1cc(Cl)c(CO)c(Cl)c1. The van der Waals surface area contributed by atoms with Crippen molar-refractivity contribution < 1.29 is 10.2 Å². The predicted molar refractivity (Wildman–Crippen MR) is 48.3 cm³/mol. The zero-order chi connectivity index (χ0) is 9.14. The summed E-state index contributed by atoms with van der Waals surface area (Å²) in [5, 5.41) is 18.4. The Labute approximate surface area is 80.4 Å². The van der Waals surface area contributed by atoms with Gasteiger partial charge >= 0.3 is 0 Å². The molecule has 0 saturated heterocycles. The molecule has 0 aliphatic heterocycles. The van der Waals surface area contributed by atoms with Gasteiger partial charge in [-0.1, -0.05) is 23.2 Å². The van der Waals surface area contributed by atoms with Crippen molar-refractivity contribution in [2.75, 3.05) is 0 Å². The monoisotopic (exact) mass is 206 g/mol. The van der Waals surface area contributed by atoms with E-state index in [2.05, 4.69) is 0 Å². The molecule has 0 aromatic heterocycles. The van der Waals surface area contributed by atoms with Crippen molar-refractivity contribution >= 4 is 23.2 Å². The van der Waals surface area contributed by atoms with Crippen molar-refractivity contribution in [2.45, 2.75) is 13.2 Å². The van der Waals surface area contributed by atoms with E-state index < -0.39 is 0 Å². The van der Waals surface area contributed by atoms with Gasteiger partial charge in [0, 0.05) is 15.6 Å². The van der Waals surface area contributed by atoms with E-state index in [0.29, 0.717) is 21.2 Å². The molecule has 2 nitrogen and oxygen atoms in total. The second-order valence-corrected chi connectivity index (χ2v) is 3.17. The summed E-state index contributed by atoms with van der Waals surface area (Å²) in [5.74, 6) is 0. The molecule has 12 heavy (non-hydrogen) atoms. The van der Waals surface area contributed by atoms with E-state index in [4.69, 9.17) is 33.4 Å². The van der Waals surface area contributed by atoms with Gasteiger partial charge in [-0.25, -0.2) is 0 Å². The highest BCUT2D eigenvalue weighted by Gasteiger charge is 2.06. The molecule has 0 bridgehead atoms. The van der Waals surface area contributed by atoms with Crippen LogP contribution in [0.1, 0.15) is 11.1 Å². The summed E-state index contributed by atoms with van der Waals surface area (Å²) in [7, 11) is 0. The fourth-order valence-electron chi connectivity index (χ4n) is 0.898. The van der Waals surface area contributed by atoms with Gasteiger partial charge in [0.2, 0.25) is 0 Å². The van der Waals surface area contributed by atoms with E-state index in [-0.39, 0.29) is 13.2 Å². The van der Waals surface area contributed by atoms with Gasteiger partial charge in [-0.05, 0) is 17.7 Å². The summed E-state index contributed by atoms with van der Waals surface area (Å²) in [6, 6.07) is 3.16. The molecular formula is C8H8Cl2O2. The van der Waals surface area contributed by atoms with E-state index in [1.807, 2.05) is 0 Å².